The van der Waals surface area contributed by atoms with Gasteiger partial charge in [0.1, 0.15) is 5.57 Å². The predicted molar refractivity (Wildman–Crippen MR) is 86.3 cm³/mol. The predicted octanol–water partition coefficient (Wildman–Crippen LogP) is 2.04. The van der Waals surface area contributed by atoms with Gasteiger partial charge in [0.15, 0.2) is 5.11 Å². The van der Waals surface area contributed by atoms with E-state index in [1.807, 2.05) is 0 Å². The number of rotatable bonds is 4. The third-order valence-corrected chi connectivity index (χ3v) is 4.55. The summed E-state index contributed by atoms with van der Waals surface area (Å²) in [6, 6.07) is 2.85. The fourth-order valence-electron chi connectivity index (χ4n) is 2.04. The molecule has 0 radical (unpaired) electrons. The fraction of sp³-hybridized carbons (Fsp3) is 0.308. The highest BCUT2D eigenvalue weighted by Crippen LogP contribution is 2.27. The second-order valence-electron chi connectivity index (χ2n) is 4.37. The van der Waals surface area contributed by atoms with Gasteiger partial charge >= 0.3 is 5.00 Å². The van der Waals surface area contributed by atoms with Crippen molar-refractivity contribution in [3.63, 3.8) is 0 Å². The van der Waals surface area contributed by atoms with Gasteiger partial charge in [-0.25, -0.2) is 0 Å². The summed E-state index contributed by atoms with van der Waals surface area (Å²) in [5, 5.41) is 10.8. The summed E-state index contributed by atoms with van der Waals surface area (Å²) in [6.45, 7) is 4.23. The first-order valence-corrected chi connectivity index (χ1v) is 7.76. The Morgan fingerprint density at radius 1 is 1.23 bits per heavy atom. The zero-order valence-electron chi connectivity index (χ0n) is 11.9. The lowest BCUT2D eigenvalue weighted by molar-refractivity contribution is -0.380. The Morgan fingerprint density at radius 3 is 2.18 bits per heavy atom. The van der Waals surface area contributed by atoms with E-state index in [-0.39, 0.29) is 15.7 Å². The average Bonchev–Trinajstić information content (AvgIpc) is 2.93. The van der Waals surface area contributed by atoms with E-state index in [0.717, 1.165) is 11.3 Å². The van der Waals surface area contributed by atoms with E-state index in [2.05, 4.69) is 0 Å². The van der Waals surface area contributed by atoms with Crippen molar-refractivity contribution < 1.29 is 14.5 Å². The topological polar surface area (TPSA) is 83.8 Å². The van der Waals surface area contributed by atoms with Gasteiger partial charge in [-0.15, -0.1) is 0 Å². The molecule has 1 aromatic rings. The number of amides is 2. The van der Waals surface area contributed by atoms with Gasteiger partial charge in [-0.3, -0.25) is 29.5 Å². The summed E-state index contributed by atoms with van der Waals surface area (Å²) in [5.74, 6) is -0.948. The minimum absolute atomic E-state index is 0.0333. The summed E-state index contributed by atoms with van der Waals surface area (Å²) < 4.78 is 0. The first kappa shape index (κ1) is 16.2. The molecule has 2 amide bonds. The Bertz CT molecular complexity index is 667. The maximum absolute atomic E-state index is 12.4. The van der Waals surface area contributed by atoms with Crippen LogP contribution in [0.4, 0.5) is 5.00 Å². The number of nitro groups is 1. The summed E-state index contributed by atoms with van der Waals surface area (Å²) in [5.41, 5.74) is -0.0333. The van der Waals surface area contributed by atoms with Crippen LogP contribution in [-0.4, -0.2) is 44.7 Å². The van der Waals surface area contributed by atoms with E-state index in [4.69, 9.17) is 12.2 Å². The van der Waals surface area contributed by atoms with Crippen LogP contribution in [-0.2, 0) is 9.59 Å². The van der Waals surface area contributed by atoms with Gasteiger partial charge in [-0.2, -0.15) is 0 Å². The van der Waals surface area contributed by atoms with Gasteiger partial charge in [0.25, 0.3) is 11.8 Å². The molecule has 7 nitrogen and oxygen atoms in total. The highest BCUT2D eigenvalue weighted by Gasteiger charge is 2.37. The van der Waals surface area contributed by atoms with E-state index in [0.29, 0.717) is 18.0 Å². The van der Waals surface area contributed by atoms with Crippen molar-refractivity contribution in [1.29, 1.82) is 0 Å². The lowest BCUT2D eigenvalue weighted by Crippen LogP contribution is -2.55. The van der Waals surface area contributed by atoms with Gasteiger partial charge in [-0.05, 0) is 38.2 Å². The molecule has 0 aromatic carbocycles. The molecule has 0 atom stereocenters. The van der Waals surface area contributed by atoms with Gasteiger partial charge in [0.05, 0.1) is 4.92 Å². The molecule has 22 heavy (non-hydrogen) atoms. The van der Waals surface area contributed by atoms with Gasteiger partial charge in [0.2, 0.25) is 0 Å². The third kappa shape index (κ3) is 2.77. The largest absolute Gasteiger partial charge is 0.324 e. The molecule has 116 valence electrons. The molecule has 0 aliphatic carbocycles. The van der Waals surface area contributed by atoms with Crippen LogP contribution >= 0.6 is 23.6 Å². The molecule has 0 bridgehead atoms. The quantitative estimate of drug-likeness (QED) is 0.275. The van der Waals surface area contributed by atoms with Crippen molar-refractivity contribution in [2.75, 3.05) is 13.1 Å². The summed E-state index contributed by atoms with van der Waals surface area (Å²) >= 11 is 6.06. The highest BCUT2D eigenvalue weighted by molar-refractivity contribution is 7.80. The van der Waals surface area contributed by atoms with Crippen LogP contribution in [0.15, 0.2) is 17.7 Å². The standard InChI is InChI=1S/C13H13N3O4S2/c1-3-14-11(17)9(12(18)15(4-2)13(14)21)7-8-5-6-10(22-8)16(19)20/h5-7H,3-4H2,1-2H3. The van der Waals surface area contributed by atoms with Crippen LogP contribution in [0.3, 0.4) is 0 Å². The molecule has 0 N–H and O–H groups in total. The number of thiocarbonyl (C=S) groups is 1. The molecular weight excluding hydrogens is 326 g/mol. The first-order chi connectivity index (χ1) is 10.4. The van der Waals surface area contributed by atoms with Gasteiger partial charge in [-0.1, -0.05) is 11.3 Å². The van der Waals surface area contributed by atoms with E-state index in [1.54, 1.807) is 13.8 Å². The second-order valence-corrected chi connectivity index (χ2v) is 5.83. The number of likely N-dealkylation sites (N-methyl/N-ethyl adjacent to an activating group) is 2. The third-order valence-electron chi connectivity index (χ3n) is 3.12. The molecule has 0 spiro atoms. The van der Waals surface area contributed by atoms with Gasteiger partial charge in [0, 0.05) is 24.0 Å². The SMILES string of the molecule is CCN1C(=O)C(=Cc2ccc([N+](=O)[O-])s2)C(=O)N(CC)C1=S. The van der Waals surface area contributed by atoms with Crippen molar-refractivity contribution in [2.24, 2.45) is 0 Å². The molecule has 1 aliphatic rings. The molecule has 9 heteroatoms. The molecule has 1 fully saturated rings. The highest BCUT2D eigenvalue weighted by atomic mass is 32.1. The normalized spacial score (nSPS) is 15.5. The molecule has 1 aliphatic heterocycles. The number of carbonyl (C=O) groups excluding carboxylic acids is 2. The number of nitrogens with zero attached hydrogens (tertiary/aromatic N) is 3. The summed E-state index contributed by atoms with van der Waals surface area (Å²) in [4.78, 5) is 38.1. The number of hydrogen-bond donors (Lipinski definition) is 0. The Labute approximate surface area is 136 Å². The van der Waals surface area contributed by atoms with Crippen LogP contribution in [0, 0.1) is 10.1 Å². The molecule has 2 rings (SSSR count). The summed E-state index contributed by atoms with van der Waals surface area (Å²) in [7, 11) is 0. The maximum Gasteiger partial charge on any atom is 0.324 e. The summed E-state index contributed by atoms with van der Waals surface area (Å²) in [6.07, 6.45) is 1.38. The fourth-order valence-corrected chi connectivity index (χ4v) is 3.23. The minimum atomic E-state index is -0.511. The zero-order valence-corrected chi connectivity index (χ0v) is 13.6. The molecule has 1 saturated heterocycles. The van der Waals surface area contributed by atoms with Crippen LogP contribution < -0.4 is 0 Å². The monoisotopic (exact) mass is 339 g/mol. The molecular formula is C13H13N3O4S2. The Hall–Kier alpha value is -2.13. The minimum Gasteiger partial charge on any atom is -0.285 e. The van der Waals surface area contributed by atoms with Crippen molar-refractivity contribution in [3.8, 4) is 0 Å². The smallest absolute Gasteiger partial charge is 0.285 e. The second kappa shape index (κ2) is 6.32. The Balaban J connectivity index is 2.43. The lowest BCUT2D eigenvalue weighted by atomic mass is 10.1. The van der Waals surface area contributed by atoms with Crippen molar-refractivity contribution in [3.05, 3.63) is 32.7 Å². The zero-order chi connectivity index (χ0) is 16.4. The molecule has 0 saturated carbocycles. The maximum atomic E-state index is 12.4. The van der Waals surface area contributed by atoms with E-state index >= 15 is 0 Å². The van der Waals surface area contributed by atoms with Gasteiger partial charge < -0.3 is 0 Å². The van der Waals surface area contributed by atoms with E-state index in [9.17, 15) is 19.7 Å². The number of hydrogen-bond acceptors (Lipinski definition) is 6. The lowest BCUT2D eigenvalue weighted by Gasteiger charge is -2.35. The van der Waals surface area contributed by atoms with E-state index in [1.165, 1.54) is 28.0 Å². The Morgan fingerprint density at radius 2 is 1.77 bits per heavy atom. The van der Waals surface area contributed by atoms with Crippen LogP contribution in [0.2, 0.25) is 0 Å². The number of carbonyl (C=O) groups is 2. The van der Waals surface area contributed by atoms with Crippen LogP contribution in [0.25, 0.3) is 6.08 Å². The molecule has 2 heterocycles. The van der Waals surface area contributed by atoms with E-state index < -0.39 is 16.7 Å². The molecule has 1 aromatic heterocycles. The van der Waals surface area contributed by atoms with Crippen molar-refractivity contribution in [2.45, 2.75) is 13.8 Å². The number of thiophene rings is 1. The van der Waals surface area contributed by atoms with Crippen LogP contribution in [0.1, 0.15) is 18.7 Å². The Kier molecular flexibility index (Phi) is 4.67. The van der Waals surface area contributed by atoms with Crippen molar-refractivity contribution >= 4 is 51.6 Å². The van der Waals surface area contributed by atoms with Crippen molar-refractivity contribution in [1.82, 2.24) is 9.80 Å². The molecule has 0 unspecified atom stereocenters. The average molecular weight is 339 g/mol. The van der Waals surface area contributed by atoms with Crippen LogP contribution in [0.5, 0.6) is 0 Å². The first-order valence-electron chi connectivity index (χ1n) is 6.54.